The maximum absolute atomic E-state index is 5.51. The summed E-state index contributed by atoms with van der Waals surface area (Å²) in [5.41, 5.74) is 0. The Morgan fingerprint density at radius 3 is 0.923 bits per heavy atom. The Labute approximate surface area is 248 Å². The minimum Gasteiger partial charge on any atom is -0.377 e. The molecule has 236 valence electrons. The highest BCUT2D eigenvalue weighted by Gasteiger charge is 2.36. The highest BCUT2D eigenvalue weighted by atomic mass is 28.4. The van der Waals surface area contributed by atoms with Crippen LogP contribution >= 0.6 is 0 Å². The molecule has 0 heterocycles. The predicted molar refractivity (Wildman–Crippen MR) is 175 cm³/mol. The molecule has 5 heteroatoms. The lowest BCUT2D eigenvalue weighted by atomic mass is 10.0. The number of quaternary nitrogens is 1. The number of hydrogen-bond donors (Lipinski definition) is 0. The van der Waals surface area contributed by atoms with E-state index in [0.717, 1.165) is 12.5 Å². The maximum Gasteiger partial charge on any atom is 0.500 e. The molecule has 0 saturated carbocycles. The second-order valence-electron chi connectivity index (χ2n) is 12.9. The molecule has 0 atom stereocenters. The molecule has 0 fully saturated rings. The summed E-state index contributed by atoms with van der Waals surface area (Å²) in [6.07, 6.45) is 35.4. The molecular weight excluding hydrogens is 498 g/mol. The molecule has 0 amide bonds. The standard InChI is InChI=1S/C34H74NO3Si/c1-7-8-9-10-11-12-13-14-15-16-17-18-20-23-26-29-32-35(2,3)33-30-27-24-21-19-22-25-28-31-34-39(36-4,37-5)38-6/h7-34H2,1-6H3/q+1. The average Bonchev–Trinajstić information content (AvgIpc) is 2.94. The van der Waals surface area contributed by atoms with E-state index >= 15 is 0 Å². The SMILES string of the molecule is CCCCCCCCCCCCCCCCCC[N+](C)(C)CCCCCCCCCCC[Si](OC)(OC)OC. The van der Waals surface area contributed by atoms with Crippen molar-refractivity contribution in [1.29, 1.82) is 0 Å². The van der Waals surface area contributed by atoms with Gasteiger partial charge in [0.2, 0.25) is 0 Å². The van der Waals surface area contributed by atoms with Crippen LogP contribution in [0.5, 0.6) is 0 Å². The van der Waals surface area contributed by atoms with Gasteiger partial charge < -0.3 is 17.8 Å². The van der Waals surface area contributed by atoms with Crippen LogP contribution in [0.1, 0.15) is 167 Å². The Kier molecular flexibility index (Phi) is 28.2. The minimum absolute atomic E-state index is 0.934. The smallest absolute Gasteiger partial charge is 0.377 e. The molecule has 0 aliphatic carbocycles. The molecule has 4 nitrogen and oxygen atoms in total. The first-order valence-electron chi connectivity index (χ1n) is 17.4. The second-order valence-corrected chi connectivity index (χ2v) is 16.0. The third-order valence-electron chi connectivity index (χ3n) is 8.80. The quantitative estimate of drug-likeness (QED) is 0.0456. The molecule has 0 aliphatic rings. The molecule has 0 aromatic heterocycles. The monoisotopic (exact) mass is 573 g/mol. The largest absolute Gasteiger partial charge is 0.500 e. The molecule has 0 aromatic carbocycles. The van der Waals surface area contributed by atoms with E-state index in [9.17, 15) is 0 Å². The number of hydrogen-bond acceptors (Lipinski definition) is 3. The Hall–Kier alpha value is 0.0569. The molecule has 0 saturated heterocycles. The molecule has 0 aromatic rings. The minimum atomic E-state index is -2.35. The summed E-state index contributed by atoms with van der Waals surface area (Å²) < 4.78 is 17.7. The second kappa shape index (κ2) is 28.2. The summed E-state index contributed by atoms with van der Waals surface area (Å²) in [4.78, 5) is 0. The highest BCUT2D eigenvalue weighted by Crippen LogP contribution is 2.19. The van der Waals surface area contributed by atoms with Crippen LogP contribution in [0, 0.1) is 0 Å². The Balaban J connectivity index is 3.39. The van der Waals surface area contributed by atoms with Gasteiger partial charge in [0.1, 0.15) is 0 Å². The number of nitrogens with zero attached hydrogens (tertiary/aromatic N) is 1. The van der Waals surface area contributed by atoms with E-state index in [2.05, 4.69) is 21.0 Å². The van der Waals surface area contributed by atoms with E-state index in [4.69, 9.17) is 13.3 Å². The molecule has 0 N–H and O–H groups in total. The molecule has 0 aliphatic heterocycles. The normalized spacial score (nSPS) is 12.5. The van der Waals surface area contributed by atoms with Crippen LogP contribution in [-0.2, 0) is 13.3 Å². The highest BCUT2D eigenvalue weighted by molar-refractivity contribution is 6.60. The molecular formula is C34H74NO3Si+. The summed E-state index contributed by atoms with van der Waals surface area (Å²) in [6, 6.07) is 0.934. The van der Waals surface area contributed by atoms with E-state index in [-0.39, 0.29) is 0 Å². The van der Waals surface area contributed by atoms with Gasteiger partial charge >= 0.3 is 8.80 Å². The average molecular weight is 573 g/mol. The molecule has 0 rings (SSSR count). The van der Waals surface area contributed by atoms with Crippen molar-refractivity contribution >= 4 is 8.80 Å². The Morgan fingerprint density at radius 1 is 0.385 bits per heavy atom. The van der Waals surface area contributed by atoms with Crippen LogP contribution < -0.4 is 0 Å². The fraction of sp³-hybridized carbons (Fsp3) is 1.00. The topological polar surface area (TPSA) is 27.7 Å². The lowest BCUT2D eigenvalue weighted by Crippen LogP contribution is -2.42. The lowest BCUT2D eigenvalue weighted by molar-refractivity contribution is -0.890. The van der Waals surface area contributed by atoms with Gasteiger partial charge in [-0.25, -0.2) is 0 Å². The summed E-state index contributed by atoms with van der Waals surface area (Å²) in [5, 5.41) is 0. The van der Waals surface area contributed by atoms with Gasteiger partial charge in [-0.1, -0.05) is 135 Å². The maximum atomic E-state index is 5.51. The van der Waals surface area contributed by atoms with Crippen molar-refractivity contribution in [3.05, 3.63) is 0 Å². The molecule has 0 bridgehead atoms. The van der Waals surface area contributed by atoms with Crippen molar-refractivity contribution in [2.24, 2.45) is 0 Å². The van der Waals surface area contributed by atoms with Crippen LogP contribution in [0.2, 0.25) is 6.04 Å². The van der Waals surface area contributed by atoms with Gasteiger partial charge in [0, 0.05) is 27.4 Å². The van der Waals surface area contributed by atoms with E-state index in [1.807, 2.05) is 0 Å². The fourth-order valence-electron chi connectivity index (χ4n) is 5.87. The Morgan fingerprint density at radius 2 is 0.641 bits per heavy atom. The van der Waals surface area contributed by atoms with E-state index in [1.165, 1.54) is 172 Å². The lowest BCUT2D eigenvalue weighted by Gasteiger charge is -2.30. The number of unbranched alkanes of at least 4 members (excludes halogenated alkanes) is 23. The fourth-order valence-corrected chi connectivity index (χ4v) is 7.67. The summed E-state index contributed by atoms with van der Waals surface area (Å²) in [7, 11) is 7.66. The summed E-state index contributed by atoms with van der Waals surface area (Å²) in [6.45, 7) is 5.01. The van der Waals surface area contributed by atoms with Gasteiger partial charge in [-0.05, 0) is 32.1 Å². The van der Waals surface area contributed by atoms with Crippen molar-refractivity contribution in [1.82, 2.24) is 0 Å². The zero-order valence-corrected chi connectivity index (χ0v) is 29.0. The zero-order valence-electron chi connectivity index (χ0n) is 28.0. The zero-order chi connectivity index (χ0) is 28.9. The summed E-state index contributed by atoms with van der Waals surface area (Å²) in [5.74, 6) is 0. The first kappa shape index (κ1) is 39.1. The summed E-state index contributed by atoms with van der Waals surface area (Å²) >= 11 is 0. The van der Waals surface area contributed by atoms with Crippen LogP contribution in [-0.4, -0.2) is 61.8 Å². The van der Waals surface area contributed by atoms with Gasteiger partial charge in [-0.2, -0.15) is 0 Å². The molecule has 0 spiro atoms. The van der Waals surface area contributed by atoms with Crippen molar-refractivity contribution < 1.29 is 17.8 Å². The first-order valence-corrected chi connectivity index (χ1v) is 19.4. The first-order chi connectivity index (χ1) is 18.9. The van der Waals surface area contributed by atoms with Gasteiger partial charge in [0.05, 0.1) is 27.2 Å². The van der Waals surface area contributed by atoms with Crippen LogP contribution in [0.15, 0.2) is 0 Å². The van der Waals surface area contributed by atoms with E-state index < -0.39 is 8.80 Å². The number of rotatable bonds is 32. The van der Waals surface area contributed by atoms with Gasteiger partial charge in [-0.15, -0.1) is 0 Å². The van der Waals surface area contributed by atoms with Crippen molar-refractivity contribution in [3.8, 4) is 0 Å². The Bertz CT molecular complexity index is 477. The van der Waals surface area contributed by atoms with Gasteiger partial charge in [-0.3, -0.25) is 0 Å². The molecule has 0 unspecified atom stereocenters. The third-order valence-corrected chi connectivity index (χ3v) is 11.6. The van der Waals surface area contributed by atoms with E-state index in [1.54, 1.807) is 21.3 Å². The van der Waals surface area contributed by atoms with Crippen LogP contribution in [0.4, 0.5) is 0 Å². The van der Waals surface area contributed by atoms with Crippen LogP contribution in [0.3, 0.4) is 0 Å². The predicted octanol–water partition coefficient (Wildman–Crippen LogP) is 10.7. The van der Waals surface area contributed by atoms with Gasteiger partial charge in [0.25, 0.3) is 0 Å². The molecule has 39 heavy (non-hydrogen) atoms. The van der Waals surface area contributed by atoms with Crippen molar-refractivity contribution in [3.63, 3.8) is 0 Å². The third kappa shape index (κ3) is 25.5. The molecule has 0 radical (unpaired) electrons. The van der Waals surface area contributed by atoms with Crippen LogP contribution in [0.25, 0.3) is 0 Å². The van der Waals surface area contributed by atoms with Gasteiger partial charge in [0.15, 0.2) is 0 Å². The van der Waals surface area contributed by atoms with Crippen molar-refractivity contribution in [2.75, 3.05) is 48.5 Å². The van der Waals surface area contributed by atoms with E-state index in [0.29, 0.717) is 0 Å². The van der Waals surface area contributed by atoms with Crippen molar-refractivity contribution in [2.45, 2.75) is 173 Å².